The number of imidazole rings is 2. The van der Waals surface area contributed by atoms with Crippen molar-refractivity contribution in [2.24, 2.45) is 14.1 Å². The maximum absolute atomic E-state index is 13.1. The fourth-order valence-electron chi connectivity index (χ4n) is 6.05. The lowest BCUT2D eigenvalue weighted by Crippen LogP contribution is -2.27. The number of amides is 1. The third-order valence-corrected chi connectivity index (χ3v) is 8.81. The molecule has 0 fully saturated rings. The van der Waals surface area contributed by atoms with E-state index >= 15 is 0 Å². The SMILES string of the molecule is CC.CCCc1c(NC)cccc1-c1cccc(NC(=O)c2nc3c(n2C)CCN(C)C3)c1Cl.Cn1c(C=O)nc2c1CCNC2. The van der Waals surface area contributed by atoms with Gasteiger partial charge in [-0.15, -0.1) is 0 Å². The Hall–Kier alpha value is -3.99. The number of fused-ring (bicyclic) bond motifs is 2. The summed E-state index contributed by atoms with van der Waals surface area (Å²) in [6, 6.07) is 12.0. The first-order valence-corrected chi connectivity index (χ1v) is 16.5. The van der Waals surface area contributed by atoms with Gasteiger partial charge in [-0.05, 0) is 36.7 Å². The molecule has 0 spiro atoms. The molecular formula is C35H47ClN8O2. The molecule has 4 aromatic rings. The van der Waals surface area contributed by atoms with Crippen LogP contribution in [0.15, 0.2) is 36.4 Å². The molecule has 246 valence electrons. The van der Waals surface area contributed by atoms with Crippen LogP contribution >= 0.6 is 11.6 Å². The van der Waals surface area contributed by atoms with Crippen LogP contribution in [0.1, 0.15) is 76.8 Å². The van der Waals surface area contributed by atoms with Gasteiger partial charge in [0.15, 0.2) is 17.9 Å². The van der Waals surface area contributed by atoms with Crippen molar-refractivity contribution in [2.75, 3.05) is 37.8 Å². The van der Waals surface area contributed by atoms with Gasteiger partial charge in [0.1, 0.15) is 0 Å². The number of halogens is 1. The first-order chi connectivity index (χ1) is 22.3. The maximum atomic E-state index is 13.1. The van der Waals surface area contributed by atoms with Crippen LogP contribution in [-0.2, 0) is 46.4 Å². The number of hydrogen-bond donors (Lipinski definition) is 3. The van der Waals surface area contributed by atoms with Crippen LogP contribution in [0.4, 0.5) is 11.4 Å². The molecule has 11 heteroatoms. The number of carbonyl (C=O) groups is 2. The van der Waals surface area contributed by atoms with Gasteiger partial charge in [0, 0.05) is 82.8 Å². The summed E-state index contributed by atoms with van der Waals surface area (Å²) in [7, 11) is 7.80. The highest BCUT2D eigenvalue weighted by atomic mass is 35.5. The fraction of sp³-hybridized carbons (Fsp3) is 0.429. The van der Waals surface area contributed by atoms with Crippen molar-refractivity contribution in [3.8, 4) is 11.1 Å². The first-order valence-electron chi connectivity index (χ1n) is 16.1. The first kappa shape index (κ1) is 34.9. The van der Waals surface area contributed by atoms with Gasteiger partial charge in [0.25, 0.3) is 5.91 Å². The van der Waals surface area contributed by atoms with Crippen molar-refractivity contribution in [1.29, 1.82) is 0 Å². The molecule has 2 aliphatic heterocycles. The van der Waals surface area contributed by atoms with Crippen LogP contribution in [0.5, 0.6) is 0 Å². The quantitative estimate of drug-likeness (QED) is 0.215. The molecule has 10 nitrogen and oxygen atoms in total. The number of aldehydes is 1. The van der Waals surface area contributed by atoms with Gasteiger partial charge in [-0.2, -0.15) is 0 Å². The van der Waals surface area contributed by atoms with Gasteiger partial charge in [0.2, 0.25) is 0 Å². The fourth-order valence-corrected chi connectivity index (χ4v) is 6.33. The van der Waals surface area contributed by atoms with Crippen molar-refractivity contribution in [3.05, 3.63) is 81.4 Å². The normalized spacial score (nSPS) is 13.7. The number of benzene rings is 2. The van der Waals surface area contributed by atoms with E-state index in [9.17, 15) is 9.59 Å². The highest BCUT2D eigenvalue weighted by Crippen LogP contribution is 2.38. The predicted molar refractivity (Wildman–Crippen MR) is 187 cm³/mol. The molecule has 46 heavy (non-hydrogen) atoms. The predicted octanol–water partition coefficient (Wildman–Crippen LogP) is 5.88. The molecule has 3 N–H and O–H groups in total. The average molecular weight is 647 g/mol. The summed E-state index contributed by atoms with van der Waals surface area (Å²) in [6.07, 6.45) is 4.62. The van der Waals surface area contributed by atoms with Crippen LogP contribution in [-0.4, -0.2) is 63.4 Å². The van der Waals surface area contributed by atoms with E-state index in [4.69, 9.17) is 11.6 Å². The molecule has 0 unspecified atom stereocenters. The lowest BCUT2D eigenvalue weighted by atomic mass is 9.94. The van der Waals surface area contributed by atoms with Crippen molar-refractivity contribution in [2.45, 2.75) is 59.5 Å². The zero-order chi connectivity index (χ0) is 33.4. The number of carbonyl (C=O) groups excluding carboxylic acids is 2. The molecule has 4 heterocycles. The summed E-state index contributed by atoms with van der Waals surface area (Å²) in [5, 5.41) is 10.0. The molecule has 2 aliphatic rings. The van der Waals surface area contributed by atoms with Crippen LogP contribution in [0.2, 0.25) is 5.02 Å². The molecule has 2 aromatic carbocycles. The molecule has 0 radical (unpaired) electrons. The van der Waals surface area contributed by atoms with Crippen LogP contribution in [0, 0.1) is 0 Å². The minimum absolute atomic E-state index is 0.249. The number of rotatable bonds is 7. The van der Waals surface area contributed by atoms with Gasteiger partial charge in [0.05, 0.1) is 22.1 Å². The third kappa shape index (κ3) is 7.35. The van der Waals surface area contributed by atoms with Gasteiger partial charge < -0.3 is 30.0 Å². The Labute approximate surface area is 277 Å². The summed E-state index contributed by atoms with van der Waals surface area (Å²) in [4.78, 5) is 34.7. The second kappa shape index (κ2) is 16.0. The van der Waals surface area contributed by atoms with E-state index < -0.39 is 0 Å². The summed E-state index contributed by atoms with van der Waals surface area (Å²) in [5.41, 5.74) is 9.20. The molecule has 0 atom stereocenters. The van der Waals surface area contributed by atoms with E-state index in [1.54, 1.807) is 0 Å². The highest BCUT2D eigenvalue weighted by Gasteiger charge is 2.25. The third-order valence-electron chi connectivity index (χ3n) is 8.40. The summed E-state index contributed by atoms with van der Waals surface area (Å²) < 4.78 is 3.79. The zero-order valence-electron chi connectivity index (χ0n) is 28.1. The number of anilines is 2. The van der Waals surface area contributed by atoms with Gasteiger partial charge in [-0.1, -0.05) is 63.1 Å². The largest absolute Gasteiger partial charge is 0.388 e. The Kier molecular flexibility index (Phi) is 12.1. The summed E-state index contributed by atoms with van der Waals surface area (Å²) in [6.45, 7) is 9.66. The number of nitrogens with one attached hydrogen (secondary N) is 3. The Bertz CT molecular complexity index is 1680. The van der Waals surface area contributed by atoms with Crippen molar-refractivity contribution in [3.63, 3.8) is 0 Å². The van der Waals surface area contributed by atoms with Crippen LogP contribution in [0.3, 0.4) is 0 Å². The molecule has 0 saturated heterocycles. The number of hydrogen-bond acceptors (Lipinski definition) is 7. The topological polar surface area (TPSA) is 109 Å². The standard InChI is InChI=1S/C25H30ClN5O.C8H11N3O.C2H6/c1-5-8-17-16(9-6-11-19(17)27-2)18-10-7-12-20(23(18)26)29-25(32)24-28-21-15-30(3)14-13-22(21)31(24)4;1-11-7-2-3-9-4-6(7)10-8(11)5-12;1-2/h6-7,9-12,27H,5,8,13-15H2,1-4H3,(H,29,32);5,9H,2-4H2,1H3;1-2H3. The van der Waals surface area contributed by atoms with E-state index in [-0.39, 0.29) is 5.91 Å². The average Bonchev–Trinajstić information content (AvgIpc) is 3.59. The lowest BCUT2D eigenvalue weighted by Gasteiger charge is -2.21. The molecule has 6 rings (SSSR count). The van der Waals surface area contributed by atoms with Crippen LogP contribution < -0.4 is 16.0 Å². The minimum Gasteiger partial charge on any atom is -0.388 e. The molecule has 1 amide bonds. The van der Waals surface area contributed by atoms with E-state index in [1.807, 2.05) is 68.4 Å². The Morgan fingerprint density at radius 2 is 1.67 bits per heavy atom. The molecule has 0 bridgehead atoms. The lowest BCUT2D eigenvalue weighted by molar-refractivity contribution is 0.101. The van der Waals surface area contributed by atoms with Crippen molar-refractivity contribution < 1.29 is 9.59 Å². The molecule has 0 aliphatic carbocycles. The van der Waals surface area contributed by atoms with Crippen molar-refractivity contribution in [1.82, 2.24) is 29.3 Å². The smallest absolute Gasteiger partial charge is 0.291 e. The number of aromatic nitrogens is 4. The van der Waals surface area contributed by atoms with Gasteiger partial charge >= 0.3 is 0 Å². The monoisotopic (exact) mass is 646 g/mol. The second-order valence-electron chi connectivity index (χ2n) is 11.3. The van der Waals surface area contributed by atoms with E-state index in [0.29, 0.717) is 22.4 Å². The minimum atomic E-state index is -0.249. The second-order valence-corrected chi connectivity index (χ2v) is 11.7. The Morgan fingerprint density at radius 1 is 0.978 bits per heavy atom. The Balaban J connectivity index is 0.000000285. The van der Waals surface area contributed by atoms with Crippen molar-refractivity contribution >= 4 is 35.2 Å². The molecule has 0 saturated carbocycles. The number of nitrogens with zero attached hydrogens (tertiary/aromatic N) is 5. The zero-order valence-corrected chi connectivity index (χ0v) is 28.9. The molecular weight excluding hydrogens is 600 g/mol. The highest BCUT2D eigenvalue weighted by molar-refractivity contribution is 6.36. The van der Waals surface area contributed by atoms with Crippen LogP contribution in [0.25, 0.3) is 11.1 Å². The maximum Gasteiger partial charge on any atom is 0.291 e. The van der Waals surface area contributed by atoms with E-state index in [1.165, 1.54) is 11.3 Å². The Morgan fingerprint density at radius 3 is 2.35 bits per heavy atom. The number of likely N-dealkylation sites (N-methyl/N-ethyl adjacent to an activating group) is 1. The summed E-state index contributed by atoms with van der Waals surface area (Å²) in [5.74, 6) is 0.695. The van der Waals surface area contributed by atoms with Gasteiger partial charge in [-0.25, -0.2) is 9.97 Å². The van der Waals surface area contributed by atoms with E-state index in [2.05, 4.69) is 56.9 Å². The molecule has 2 aromatic heterocycles. The summed E-state index contributed by atoms with van der Waals surface area (Å²) >= 11 is 6.83. The van der Waals surface area contributed by atoms with E-state index in [0.717, 1.165) is 92.0 Å². The van der Waals surface area contributed by atoms with Gasteiger partial charge in [-0.3, -0.25) is 9.59 Å².